The summed E-state index contributed by atoms with van der Waals surface area (Å²) in [6.45, 7) is 5.83. The van der Waals surface area contributed by atoms with Gasteiger partial charge >= 0.3 is 6.16 Å². The van der Waals surface area contributed by atoms with Gasteiger partial charge in [-0.05, 0) is 13.8 Å². The van der Waals surface area contributed by atoms with Crippen LogP contribution < -0.4 is 0 Å². The monoisotopic (exact) mass is 196 g/mol. The number of hydrogen-bond acceptors (Lipinski definition) is 4. The molecule has 0 spiro atoms. The van der Waals surface area contributed by atoms with Gasteiger partial charge in [-0.15, -0.1) is 0 Å². The van der Waals surface area contributed by atoms with Crippen LogP contribution in [-0.4, -0.2) is 31.5 Å². The molecule has 0 aromatic rings. The van der Waals surface area contributed by atoms with Crippen LogP contribution in [0.3, 0.4) is 0 Å². The van der Waals surface area contributed by atoms with Gasteiger partial charge in [-0.2, -0.15) is 0 Å². The molecule has 5 heteroatoms. The molecule has 1 atom stereocenters. The quantitative estimate of drug-likeness (QED) is 0.499. The molecule has 0 bridgehead atoms. The molecule has 12 heavy (non-hydrogen) atoms. The van der Waals surface area contributed by atoms with Gasteiger partial charge in [0.1, 0.15) is 6.61 Å². The smallest absolute Gasteiger partial charge is 0.429 e. The second-order valence-electron chi connectivity index (χ2n) is 1.87. The van der Waals surface area contributed by atoms with E-state index in [0.29, 0.717) is 0 Å². The molecule has 0 saturated carbocycles. The van der Waals surface area contributed by atoms with Gasteiger partial charge in [-0.25, -0.2) is 4.79 Å². The fourth-order valence-electron chi connectivity index (χ4n) is 0.510. The lowest BCUT2D eigenvalue weighted by molar-refractivity contribution is 0.128. The van der Waals surface area contributed by atoms with E-state index in [9.17, 15) is 4.79 Å². The van der Waals surface area contributed by atoms with Crippen LogP contribution in [0.1, 0.15) is 13.8 Å². The highest BCUT2D eigenvalue weighted by Gasteiger charge is 2.21. The second kappa shape index (κ2) is 7.18. The molecule has 1 saturated heterocycles. The molecule has 1 heterocycles. The molecular weight excluding hydrogens is 184 g/mol. The van der Waals surface area contributed by atoms with E-state index in [2.05, 4.69) is 9.47 Å². The van der Waals surface area contributed by atoms with Crippen LogP contribution in [0.2, 0.25) is 0 Å². The topological polar surface area (TPSA) is 44.8 Å². The van der Waals surface area contributed by atoms with Gasteiger partial charge in [0.15, 0.2) is 0 Å². The zero-order valence-electron chi connectivity index (χ0n) is 7.21. The minimum Gasteiger partial charge on any atom is -0.429 e. The van der Waals surface area contributed by atoms with E-state index < -0.39 is 11.7 Å². The Morgan fingerprint density at radius 3 is 2.25 bits per heavy atom. The summed E-state index contributed by atoms with van der Waals surface area (Å²) in [5.41, 5.74) is -0.576. The van der Waals surface area contributed by atoms with E-state index in [-0.39, 0.29) is 6.61 Å². The van der Waals surface area contributed by atoms with Gasteiger partial charge in [0, 0.05) is 13.2 Å². The van der Waals surface area contributed by atoms with E-state index in [0.717, 1.165) is 13.2 Å². The summed E-state index contributed by atoms with van der Waals surface area (Å²) in [4.78, 5) is 9.92. The maximum absolute atomic E-state index is 9.92. The number of ether oxygens (including phenoxy) is 3. The highest BCUT2D eigenvalue weighted by Crippen LogP contribution is 2.08. The summed E-state index contributed by atoms with van der Waals surface area (Å²) in [6.07, 6.45) is -0.681. The summed E-state index contributed by atoms with van der Waals surface area (Å²) in [5, 5.41) is 0. The first-order valence-electron chi connectivity index (χ1n) is 3.75. The van der Waals surface area contributed by atoms with Crippen LogP contribution in [0.15, 0.2) is 0 Å². The molecule has 1 unspecified atom stereocenters. The molecule has 1 aliphatic heterocycles. The minimum absolute atomic E-state index is 0.167. The Morgan fingerprint density at radius 1 is 1.58 bits per heavy atom. The molecule has 0 N–H and O–H groups in total. The number of carbonyl (C=O) groups excluding carboxylic acids is 1. The summed E-state index contributed by atoms with van der Waals surface area (Å²) in [7, 11) is 0. The third kappa shape index (κ3) is 6.24. The molecule has 1 fully saturated rings. The number of carbonyl (C=O) groups is 1. The summed E-state index contributed by atoms with van der Waals surface area (Å²) in [6, 6.07) is 0. The largest absolute Gasteiger partial charge is 0.510 e. The van der Waals surface area contributed by atoms with E-state index in [1.807, 2.05) is 13.8 Å². The van der Waals surface area contributed by atoms with Gasteiger partial charge in [0.25, 0.3) is 0 Å². The Balaban J connectivity index is 0.000000217. The fraction of sp³-hybridized carbons (Fsp3) is 0.857. The lowest BCUT2D eigenvalue weighted by Crippen LogP contribution is -1.97. The normalized spacial score (nSPS) is 20.6. The third-order valence-electron chi connectivity index (χ3n) is 0.965. The van der Waals surface area contributed by atoms with Crippen molar-refractivity contribution < 1.29 is 19.0 Å². The first-order valence-corrected chi connectivity index (χ1v) is 4.19. The number of alkyl halides is 1. The zero-order chi connectivity index (χ0) is 9.40. The predicted molar refractivity (Wildman–Crippen MR) is 44.2 cm³/mol. The van der Waals surface area contributed by atoms with Crippen molar-refractivity contribution >= 4 is 17.8 Å². The van der Waals surface area contributed by atoms with Crippen molar-refractivity contribution in [3.63, 3.8) is 0 Å². The highest BCUT2D eigenvalue weighted by molar-refractivity contribution is 6.20. The van der Waals surface area contributed by atoms with Crippen molar-refractivity contribution in [2.45, 2.75) is 19.4 Å². The van der Waals surface area contributed by atoms with Crippen molar-refractivity contribution in [2.24, 2.45) is 0 Å². The maximum Gasteiger partial charge on any atom is 0.510 e. The lowest BCUT2D eigenvalue weighted by Gasteiger charge is -1.87. The van der Waals surface area contributed by atoms with Crippen molar-refractivity contribution in [3.8, 4) is 0 Å². The Bertz CT molecular complexity index is 127. The van der Waals surface area contributed by atoms with Crippen LogP contribution >= 0.6 is 11.6 Å². The summed E-state index contributed by atoms with van der Waals surface area (Å²) in [5.74, 6) is 0. The van der Waals surface area contributed by atoms with Crippen molar-refractivity contribution in [3.05, 3.63) is 0 Å². The molecule has 1 rings (SSSR count). The molecule has 72 valence electrons. The molecule has 0 amide bonds. The molecule has 0 radical (unpaired) electrons. The molecule has 0 aliphatic carbocycles. The number of cyclic esters (lactones) is 2. The van der Waals surface area contributed by atoms with Gasteiger partial charge in [-0.1, -0.05) is 11.6 Å². The third-order valence-corrected chi connectivity index (χ3v) is 1.18. The predicted octanol–water partition coefficient (Wildman–Crippen LogP) is 1.76. The highest BCUT2D eigenvalue weighted by atomic mass is 35.5. The number of hydrogen-bond donors (Lipinski definition) is 0. The van der Waals surface area contributed by atoms with Gasteiger partial charge in [-0.3, -0.25) is 0 Å². The minimum atomic E-state index is -0.681. The Morgan fingerprint density at radius 2 is 2.17 bits per heavy atom. The zero-order valence-corrected chi connectivity index (χ0v) is 7.97. The maximum atomic E-state index is 9.92. The molecule has 0 aromatic carbocycles. The summed E-state index contributed by atoms with van der Waals surface area (Å²) < 4.78 is 13.4. The fourth-order valence-corrected chi connectivity index (χ4v) is 0.646. The Hall–Kier alpha value is -0.480. The average molecular weight is 197 g/mol. The van der Waals surface area contributed by atoms with E-state index in [1.54, 1.807) is 0 Å². The van der Waals surface area contributed by atoms with Crippen LogP contribution in [0.25, 0.3) is 0 Å². The van der Waals surface area contributed by atoms with Crippen molar-refractivity contribution in [2.75, 3.05) is 19.8 Å². The van der Waals surface area contributed by atoms with Crippen LogP contribution in [-0.2, 0) is 14.2 Å². The number of halogens is 1. The Kier molecular flexibility index (Phi) is 6.90. The van der Waals surface area contributed by atoms with Crippen LogP contribution in [0.4, 0.5) is 4.79 Å². The Labute approximate surface area is 76.7 Å². The average Bonchev–Trinajstić information content (AvgIpc) is 2.38. The lowest BCUT2D eigenvalue weighted by atomic mass is 10.8. The summed E-state index contributed by atoms with van der Waals surface area (Å²) >= 11 is 5.24. The first kappa shape index (κ1) is 11.5. The van der Waals surface area contributed by atoms with Gasteiger partial charge in [0.2, 0.25) is 5.56 Å². The van der Waals surface area contributed by atoms with E-state index >= 15 is 0 Å². The van der Waals surface area contributed by atoms with Gasteiger partial charge in [0.05, 0.1) is 0 Å². The van der Waals surface area contributed by atoms with Gasteiger partial charge < -0.3 is 14.2 Å². The standard InChI is InChI=1S/C4H10O.C3H3ClO3/c1-3-5-4-2;4-2-1-6-3(5)7-2/h3-4H2,1-2H3;2H,1H2. The van der Waals surface area contributed by atoms with Crippen molar-refractivity contribution in [1.29, 1.82) is 0 Å². The van der Waals surface area contributed by atoms with E-state index in [1.165, 1.54) is 0 Å². The first-order chi connectivity index (χ1) is 5.70. The van der Waals surface area contributed by atoms with E-state index in [4.69, 9.17) is 16.3 Å². The molecule has 0 aromatic heterocycles. The molecular formula is C7H13ClO4. The molecule has 1 aliphatic rings. The number of rotatable bonds is 2. The SMILES string of the molecule is CCOCC.O=C1OCC(Cl)O1. The van der Waals surface area contributed by atoms with Crippen molar-refractivity contribution in [1.82, 2.24) is 0 Å². The van der Waals surface area contributed by atoms with Crippen LogP contribution in [0, 0.1) is 0 Å². The molecule has 4 nitrogen and oxygen atoms in total. The second-order valence-corrected chi connectivity index (χ2v) is 2.36. The van der Waals surface area contributed by atoms with Crippen LogP contribution in [0.5, 0.6) is 0 Å².